The van der Waals surface area contributed by atoms with Gasteiger partial charge in [0.25, 0.3) is 0 Å². The molecule has 2 aromatic rings. The molecule has 2 atom stereocenters. The number of amides is 2. The second-order valence-electron chi connectivity index (χ2n) is 9.03. The van der Waals surface area contributed by atoms with Crippen molar-refractivity contribution in [3.63, 3.8) is 0 Å². The highest BCUT2D eigenvalue weighted by atomic mass is 35.5. The second kappa shape index (κ2) is 13.2. The highest BCUT2D eigenvalue weighted by Gasteiger charge is 2.34. The summed E-state index contributed by atoms with van der Waals surface area (Å²) in [5.41, 5.74) is 2.48. The van der Waals surface area contributed by atoms with E-state index in [2.05, 4.69) is 5.16 Å². The lowest BCUT2D eigenvalue weighted by molar-refractivity contribution is -0.146. The minimum atomic E-state index is -1.01. The molecule has 198 valence electrons. The van der Waals surface area contributed by atoms with E-state index >= 15 is 0 Å². The minimum Gasteiger partial charge on any atom is -0.496 e. The Kier molecular flexibility index (Phi) is 10.1. The van der Waals surface area contributed by atoms with Gasteiger partial charge in [-0.15, -0.1) is 0 Å². The Morgan fingerprint density at radius 3 is 2.54 bits per heavy atom. The van der Waals surface area contributed by atoms with Crippen molar-refractivity contribution in [3.05, 3.63) is 64.2 Å². The predicted molar refractivity (Wildman–Crippen MR) is 141 cm³/mol. The van der Waals surface area contributed by atoms with Crippen LogP contribution in [0.25, 0.3) is 0 Å². The second-order valence-corrected chi connectivity index (χ2v) is 9.46. The lowest BCUT2D eigenvalue weighted by Crippen LogP contribution is -2.42. The molecule has 0 aliphatic carbocycles. The van der Waals surface area contributed by atoms with Gasteiger partial charge >= 0.3 is 5.97 Å². The fraction of sp³-hybridized carbons (Fsp3) is 0.429. The molecule has 1 fully saturated rings. The smallest absolute Gasteiger partial charge is 0.335 e. The molecule has 9 heteroatoms. The third-order valence-electron chi connectivity index (χ3n) is 6.61. The molecule has 37 heavy (non-hydrogen) atoms. The molecule has 8 nitrogen and oxygen atoms in total. The molecule has 0 bridgehead atoms. The van der Waals surface area contributed by atoms with Crippen LogP contribution in [-0.2, 0) is 20.8 Å². The predicted octanol–water partition coefficient (Wildman–Crippen LogP) is 5.33. The van der Waals surface area contributed by atoms with Crippen LogP contribution in [0.3, 0.4) is 0 Å². The number of halogens is 1. The number of nitrogens with zero attached hydrogens (tertiary/aromatic N) is 2. The van der Waals surface area contributed by atoms with Crippen LogP contribution in [0.4, 0.5) is 0 Å². The monoisotopic (exact) mass is 528 g/mol. The van der Waals surface area contributed by atoms with Crippen molar-refractivity contribution >= 4 is 35.1 Å². The number of imide groups is 1. The number of ether oxygens (including phenoxy) is 1. The molecule has 1 N–H and O–H groups in total. The average Bonchev–Trinajstić information content (AvgIpc) is 3.05. The lowest BCUT2D eigenvalue weighted by atomic mass is 9.91. The third-order valence-corrected chi connectivity index (χ3v) is 6.85. The summed E-state index contributed by atoms with van der Waals surface area (Å²) in [5, 5.41) is 13.9. The topological polar surface area (TPSA) is 106 Å². The normalized spacial score (nSPS) is 17.8. The maximum Gasteiger partial charge on any atom is 0.335 e. The quantitative estimate of drug-likeness (QED) is 0.418. The van der Waals surface area contributed by atoms with Crippen molar-refractivity contribution in [3.8, 4) is 5.75 Å². The van der Waals surface area contributed by atoms with E-state index in [1.165, 1.54) is 17.0 Å². The SMILES string of the molecule is CCO/N=C1\CCC(Cc2cc(Cl)ccc2OC)C(=O)N(C(=O)C[C@H](CC)c2ccc(C(=O)O)cc2)C1. The number of oxime groups is 1. The number of rotatable bonds is 10. The summed E-state index contributed by atoms with van der Waals surface area (Å²) in [6.07, 6.45) is 2.18. The van der Waals surface area contributed by atoms with Gasteiger partial charge in [0.1, 0.15) is 12.4 Å². The van der Waals surface area contributed by atoms with E-state index in [-0.39, 0.29) is 36.3 Å². The van der Waals surface area contributed by atoms with Gasteiger partial charge in [-0.1, -0.05) is 35.8 Å². The van der Waals surface area contributed by atoms with Gasteiger partial charge in [-0.05, 0) is 80.0 Å². The molecule has 0 aromatic heterocycles. The molecule has 2 amide bonds. The van der Waals surface area contributed by atoms with Crippen LogP contribution in [0.2, 0.25) is 5.02 Å². The Bertz CT molecular complexity index is 1150. The van der Waals surface area contributed by atoms with Gasteiger partial charge in [-0.2, -0.15) is 0 Å². The number of benzene rings is 2. The van der Waals surface area contributed by atoms with Crippen molar-refractivity contribution in [1.29, 1.82) is 0 Å². The molecule has 0 spiro atoms. The first kappa shape index (κ1) is 28.2. The van der Waals surface area contributed by atoms with Gasteiger partial charge in [-0.25, -0.2) is 4.79 Å². The number of hydrogen-bond donors (Lipinski definition) is 1. The number of carboxylic acids is 1. The Labute approximate surface area is 222 Å². The molecule has 1 aliphatic heterocycles. The highest BCUT2D eigenvalue weighted by Crippen LogP contribution is 2.30. The largest absolute Gasteiger partial charge is 0.496 e. The van der Waals surface area contributed by atoms with Crippen molar-refractivity contribution in [2.45, 2.75) is 51.9 Å². The standard InChI is InChI=1S/C28H33ClN2O6/c1-4-18(19-6-8-20(9-7-19)28(34)35)16-26(32)31-17-24(30-37-5-2)12-10-21(27(31)33)14-22-15-23(29)11-13-25(22)36-3/h6-9,11,13,15,18,21H,4-5,10,12,14,16-17H2,1-3H3,(H,34,35)/b30-24+/t18-,21?/m0/s1. The van der Waals surface area contributed by atoms with E-state index in [4.69, 9.17) is 21.2 Å². The van der Waals surface area contributed by atoms with Crippen LogP contribution in [0.1, 0.15) is 66.9 Å². The zero-order valence-corrected chi connectivity index (χ0v) is 22.2. The number of aromatic carboxylic acids is 1. The van der Waals surface area contributed by atoms with Crippen LogP contribution in [-0.4, -0.2) is 53.8 Å². The van der Waals surface area contributed by atoms with E-state index in [1.807, 2.05) is 13.8 Å². The van der Waals surface area contributed by atoms with Gasteiger partial charge in [0.2, 0.25) is 11.8 Å². The zero-order chi connectivity index (χ0) is 26.9. The molecular weight excluding hydrogens is 496 g/mol. The van der Waals surface area contributed by atoms with Gasteiger partial charge in [0, 0.05) is 17.4 Å². The Balaban J connectivity index is 1.85. The molecule has 1 unspecified atom stereocenters. The summed E-state index contributed by atoms with van der Waals surface area (Å²) in [7, 11) is 1.57. The maximum absolute atomic E-state index is 13.7. The van der Waals surface area contributed by atoms with Gasteiger partial charge < -0.3 is 14.7 Å². The van der Waals surface area contributed by atoms with Crippen LogP contribution in [0.15, 0.2) is 47.6 Å². The van der Waals surface area contributed by atoms with Crippen LogP contribution in [0.5, 0.6) is 5.75 Å². The molecule has 3 rings (SSSR count). The maximum atomic E-state index is 13.7. The third kappa shape index (κ3) is 7.32. The number of carbonyl (C=O) groups excluding carboxylic acids is 2. The van der Waals surface area contributed by atoms with Crippen LogP contribution < -0.4 is 4.74 Å². The zero-order valence-electron chi connectivity index (χ0n) is 21.4. The fourth-order valence-corrected chi connectivity index (χ4v) is 4.74. The van der Waals surface area contributed by atoms with Crippen LogP contribution in [0, 0.1) is 5.92 Å². The van der Waals surface area contributed by atoms with E-state index in [1.54, 1.807) is 37.4 Å². The van der Waals surface area contributed by atoms with E-state index in [0.29, 0.717) is 48.8 Å². The van der Waals surface area contributed by atoms with E-state index in [9.17, 15) is 19.5 Å². The van der Waals surface area contributed by atoms with Crippen molar-refractivity contribution in [2.24, 2.45) is 11.1 Å². The lowest BCUT2D eigenvalue weighted by Gasteiger charge is -2.25. The van der Waals surface area contributed by atoms with Crippen LogP contribution >= 0.6 is 11.6 Å². The number of carbonyl (C=O) groups is 3. The minimum absolute atomic E-state index is 0.0786. The summed E-state index contributed by atoms with van der Waals surface area (Å²) in [4.78, 5) is 45.0. The Hall–Kier alpha value is -3.39. The molecule has 2 aromatic carbocycles. The number of likely N-dealkylation sites (tertiary alicyclic amines) is 1. The number of hydrogen-bond acceptors (Lipinski definition) is 6. The van der Waals surface area contributed by atoms with E-state index < -0.39 is 11.9 Å². The molecule has 0 radical (unpaired) electrons. The first-order chi connectivity index (χ1) is 17.8. The summed E-state index contributed by atoms with van der Waals surface area (Å²) in [6.45, 7) is 4.25. The molecular formula is C28H33ClN2O6. The molecule has 0 saturated carbocycles. The molecule has 1 heterocycles. The highest BCUT2D eigenvalue weighted by molar-refractivity contribution is 6.30. The Morgan fingerprint density at radius 2 is 1.92 bits per heavy atom. The average molecular weight is 529 g/mol. The fourth-order valence-electron chi connectivity index (χ4n) is 4.54. The van der Waals surface area contributed by atoms with Gasteiger partial charge in [0.05, 0.1) is 24.9 Å². The summed E-state index contributed by atoms with van der Waals surface area (Å²) < 4.78 is 5.47. The molecule has 1 aliphatic rings. The number of methoxy groups -OCH3 is 1. The Morgan fingerprint density at radius 1 is 1.19 bits per heavy atom. The molecule has 1 saturated heterocycles. The van der Waals surface area contributed by atoms with E-state index in [0.717, 1.165) is 11.1 Å². The first-order valence-electron chi connectivity index (χ1n) is 12.4. The van der Waals surface area contributed by atoms with Gasteiger partial charge in [-0.3, -0.25) is 14.5 Å². The summed E-state index contributed by atoms with van der Waals surface area (Å²) in [6, 6.07) is 11.8. The number of carboxylic acid groups (broad SMARTS) is 1. The summed E-state index contributed by atoms with van der Waals surface area (Å²) in [5.74, 6) is -1.54. The first-order valence-corrected chi connectivity index (χ1v) is 12.8. The van der Waals surface area contributed by atoms with Gasteiger partial charge in [0.15, 0.2) is 0 Å². The van der Waals surface area contributed by atoms with Crippen molar-refractivity contribution < 1.29 is 29.1 Å². The van der Waals surface area contributed by atoms with Crippen molar-refractivity contribution in [1.82, 2.24) is 4.90 Å². The van der Waals surface area contributed by atoms with Crippen molar-refractivity contribution in [2.75, 3.05) is 20.3 Å². The summed E-state index contributed by atoms with van der Waals surface area (Å²) >= 11 is 6.20.